The van der Waals surface area contributed by atoms with E-state index >= 15 is 0 Å². The van der Waals surface area contributed by atoms with E-state index in [2.05, 4.69) is 0 Å². The first-order chi connectivity index (χ1) is 8.56. The summed E-state index contributed by atoms with van der Waals surface area (Å²) in [5.41, 5.74) is 6.73. The third kappa shape index (κ3) is 3.70. The maximum atomic E-state index is 13.3. The van der Waals surface area contributed by atoms with Gasteiger partial charge in [-0.25, -0.2) is 10.2 Å². The highest BCUT2D eigenvalue weighted by atomic mass is 19.1. The van der Waals surface area contributed by atoms with Crippen molar-refractivity contribution in [2.24, 2.45) is 11.6 Å². The van der Waals surface area contributed by atoms with E-state index in [0.717, 1.165) is 6.07 Å². The van der Waals surface area contributed by atoms with E-state index in [-0.39, 0.29) is 30.2 Å². The maximum Gasteiger partial charge on any atom is 0.255 e. The number of ether oxygens (including phenoxy) is 1. The second-order valence-corrected chi connectivity index (χ2v) is 3.50. The summed E-state index contributed by atoms with van der Waals surface area (Å²) in [7, 11) is 0. The third-order valence-corrected chi connectivity index (χ3v) is 2.19. The highest BCUT2D eigenvalue weighted by molar-refractivity contribution is 5.95. The highest BCUT2D eigenvalue weighted by Gasteiger charge is 2.14. The standard InChI is InChI=1S/C11H14FN3O3/c12-7-3-1-4-8(10(7)11(13)17)18-6-2-5-9(16)15-14/h1,3-4H,2,5-6,14H2,(H2,13,17)(H,15,16). The van der Waals surface area contributed by atoms with E-state index in [1.165, 1.54) is 12.1 Å². The van der Waals surface area contributed by atoms with Crippen LogP contribution >= 0.6 is 0 Å². The van der Waals surface area contributed by atoms with Gasteiger partial charge in [0, 0.05) is 6.42 Å². The van der Waals surface area contributed by atoms with Gasteiger partial charge in [0.15, 0.2) is 0 Å². The van der Waals surface area contributed by atoms with Crippen LogP contribution in [0.15, 0.2) is 18.2 Å². The summed E-state index contributed by atoms with van der Waals surface area (Å²) in [4.78, 5) is 21.9. The molecule has 0 aliphatic carbocycles. The van der Waals surface area contributed by atoms with Gasteiger partial charge in [0.2, 0.25) is 5.91 Å². The quantitative estimate of drug-likeness (QED) is 0.289. The van der Waals surface area contributed by atoms with Gasteiger partial charge in [-0.05, 0) is 18.6 Å². The summed E-state index contributed by atoms with van der Waals surface area (Å²) < 4.78 is 18.5. The van der Waals surface area contributed by atoms with Gasteiger partial charge in [0.25, 0.3) is 5.91 Å². The van der Waals surface area contributed by atoms with Crippen LogP contribution in [0, 0.1) is 5.82 Å². The van der Waals surface area contributed by atoms with Crippen molar-refractivity contribution in [3.63, 3.8) is 0 Å². The molecule has 0 fully saturated rings. The fourth-order valence-corrected chi connectivity index (χ4v) is 1.35. The van der Waals surface area contributed by atoms with Crippen molar-refractivity contribution < 1.29 is 18.7 Å². The van der Waals surface area contributed by atoms with Gasteiger partial charge in [0.05, 0.1) is 6.61 Å². The monoisotopic (exact) mass is 255 g/mol. The molecule has 5 N–H and O–H groups in total. The minimum Gasteiger partial charge on any atom is -0.493 e. The molecule has 2 amide bonds. The number of rotatable bonds is 6. The van der Waals surface area contributed by atoms with Crippen LogP contribution in [0.25, 0.3) is 0 Å². The molecule has 1 aromatic rings. The van der Waals surface area contributed by atoms with Crippen LogP contribution in [0.1, 0.15) is 23.2 Å². The molecule has 0 unspecified atom stereocenters. The van der Waals surface area contributed by atoms with Crippen LogP contribution in [0.3, 0.4) is 0 Å². The molecule has 0 bridgehead atoms. The molecule has 0 saturated carbocycles. The fraction of sp³-hybridized carbons (Fsp3) is 0.273. The van der Waals surface area contributed by atoms with Crippen molar-refractivity contribution in [3.8, 4) is 5.75 Å². The largest absolute Gasteiger partial charge is 0.493 e. The Balaban J connectivity index is 2.60. The Morgan fingerprint density at radius 3 is 2.72 bits per heavy atom. The number of amides is 2. The number of carbonyl (C=O) groups excluding carboxylic acids is 2. The lowest BCUT2D eigenvalue weighted by Crippen LogP contribution is -2.30. The predicted octanol–water partition coefficient (Wildman–Crippen LogP) is 0.0735. The van der Waals surface area contributed by atoms with Gasteiger partial charge < -0.3 is 10.5 Å². The first-order valence-corrected chi connectivity index (χ1v) is 5.26. The number of nitrogens with one attached hydrogen (secondary N) is 1. The van der Waals surface area contributed by atoms with Crippen molar-refractivity contribution in [1.82, 2.24) is 5.43 Å². The average Bonchev–Trinajstić information content (AvgIpc) is 2.33. The predicted molar refractivity (Wildman–Crippen MR) is 62.0 cm³/mol. The number of hydrogen-bond acceptors (Lipinski definition) is 4. The van der Waals surface area contributed by atoms with Crippen LogP contribution in [0.4, 0.5) is 4.39 Å². The average molecular weight is 255 g/mol. The van der Waals surface area contributed by atoms with Crippen LogP contribution in [0.2, 0.25) is 0 Å². The van der Waals surface area contributed by atoms with Gasteiger partial charge >= 0.3 is 0 Å². The molecule has 98 valence electrons. The first-order valence-electron chi connectivity index (χ1n) is 5.26. The van der Waals surface area contributed by atoms with E-state index in [9.17, 15) is 14.0 Å². The number of carbonyl (C=O) groups is 2. The number of halogens is 1. The number of primary amides is 1. The maximum absolute atomic E-state index is 13.3. The van der Waals surface area contributed by atoms with Gasteiger partial charge in [-0.2, -0.15) is 0 Å². The number of hydrazine groups is 1. The van der Waals surface area contributed by atoms with Crippen molar-refractivity contribution in [2.45, 2.75) is 12.8 Å². The normalized spacial score (nSPS) is 9.89. The minimum absolute atomic E-state index is 0.0654. The fourth-order valence-electron chi connectivity index (χ4n) is 1.35. The molecule has 1 rings (SSSR count). The lowest BCUT2D eigenvalue weighted by molar-refractivity contribution is -0.121. The Labute approximate surface area is 103 Å². The third-order valence-electron chi connectivity index (χ3n) is 2.19. The molecule has 6 nitrogen and oxygen atoms in total. The summed E-state index contributed by atoms with van der Waals surface area (Å²) in [5.74, 6) is 3.00. The van der Waals surface area contributed by atoms with Crippen LogP contribution < -0.4 is 21.7 Å². The van der Waals surface area contributed by atoms with Crippen LogP contribution in [-0.2, 0) is 4.79 Å². The van der Waals surface area contributed by atoms with Crippen LogP contribution in [-0.4, -0.2) is 18.4 Å². The zero-order chi connectivity index (χ0) is 13.5. The van der Waals surface area contributed by atoms with Crippen molar-refractivity contribution in [2.75, 3.05) is 6.61 Å². The zero-order valence-corrected chi connectivity index (χ0v) is 9.61. The topological polar surface area (TPSA) is 107 Å². The molecule has 0 aromatic heterocycles. The van der Waals surface area contributed by atoms with Crippen LogP contribution in [0.5, 0.6) is 5.75 Å². The summed E-state index contributed by atoms with van der Waals surface area (Å²) >= 11 is 0. The zero-order valence-electron chi connectivity index (χ0n) is 9.61. The highest BCUT2D eigenvalue weighted by Crippen LogP contribution is 2.21. The second kappa shape index (κ2) is 6.55. The Hall–Kier alpha value is -2.15. The minimum atomic E-state index is -0.900. The molecule has 1 aromatic carbocycles. The first kappa shape index (κ1) is 13.9. The molecule has 0 atom stereocenters. The number of nitrogens with two attached hydrogens (primary N) is 2. The molecule has 0 saturated heterocycles. The van der Waals surface area contributed by atoms with Gasteiger partial charge in [-0.1, -0.05) is 6.07 Å². The molecule has 0 aliphatic rings. The molecule has 0 spiro atoms. The Morgan fingerprint density at radius 1 is 1.39 bits per heavy atom. The molecular formula is C11H14FN3O3. The molecular weight excluding hydrogens is 241 g/mol. The molecule has 0 heterocycles. The summed E-state index contributed by atoms with van der Waals surface area (Å²) in [6.07, 6.45) is 0.565. The Bertz CT molecular complexity index is 451. The summed E-state index contributed by atoms with van der Waals surface area (Å²) in [6.45, 7) is 0.150. The lowest BCUT2D eigenvalue weighted by Gasteiger charge is -2.09. The van der Waals surface area contributed by atoms with E-state index < -0.39 is 11.7 Å². The van der Waals surface area contributed by atoms with Crippen molar-refractivity contribution in [3.05, 3.63) is 29.6 Å². The van der Waals surface area contributed by atoms with Gasteiger partial charge in [0.1, 0.15) is 17.1 Å². The lowest BCUT2D eigenvalue weighted by atomic mass is 10.2. The van der Waals surface area contributed by atoms with E-state index in [4.69, 9.17) is 16.3 Å². The number of hydrogen-bond donors (Lipinski definition) is 3. The van der Waals surface area contributed by atoms with Crippen molar-refractivity contribution >= 4 is 11.8 Å². The van der Waals surface area contributed by atoms with E-state index in [1.54, 1.807) is 0 Å². The van der Waals surface area contributed by atoms with E-state index in [1.807, 2.05) is 5.43 Å². The summed E-state index contributed by atoms with van der Waals surface area (Å²) in [6, 6.07) is 3.96. The molecule has 7 heteroatoms. The van der Waals surface area contributed by atoms with E-state index in [0.29, 0.717) is 6.42 Å². The SMILES string of the molecule is NNC(=O)CCCOc1cccc(F)c1C(N)=O. The summed E-state index contributed by atoms with van der Waals surface area (Å²) in [5, 5.41) is 0. The van der Waals surface area contributed by atoms with Gasteiger partial charge in [-0.3, -0.25) is 15.0 Å². The number of benzene rings is 1. The Kier molecular flexibility index (Phi) is 5.06. The molecule has 0 aliphatic heterocycles. The second-order valence-electron chi connectivity index (χ2n) is 3.50. The Morgan fingerprint density at radius 2 is 2.11 bits per heavy atom. The van der Waals surface area contributed by atoms with Gasteiger partial charge in [-0.15, -0.1) is 0 Å². The molecule has 0 radical (unpaired) electrons. The molecule has 18 heavy (non-hydrogen) atoms. The smallest absolute Gasteiger partial charge is 0.255 e. The van der Waals surface area contributed by atoms with Crippen molar-refractivity contribution in [1.29, 1.82) is 0 Å².